The number of benzene rings is 1. The lowest BCUT2D eigenvalue weighted by atomic mass is 10.2. The molecule has 1 aromatic heterocycles. The summed E-state index contributed by atoms with van der Waals surface area (Å²) >= 11 is 7.03. The van der Waals surface area contributed by atoms with Crippen LogP contribution < -0.4 is 16.8 Å². The van der Waals surface area contributed by atoms with E-state index in [1.54, 1.807) is 18.2 Å². The van der Waals surface area contributed by atoms with Crippen LogP contribution in [0.15, 0.2) is 29.4 Å². The first-order valence-electron chi connectivity index (χ1n) is 6.03. The van der Waals surface area contributed by atoms with E-state index in [0.29, 0.717) is 10.2 Å². The number of carbonyl (C=O) groups excluding carboxylic acids is 1. The second kappa shape index (κ2) is 6.64. The Morgan fingerprint density at radius 2 is 1.95 bits per heavy atom. The number of thioether (sulfide) groups is 1. The Hall–Kier alpha value is -1.99. The molecular formula is C13H14ClN5OS. The molecule has 1 aromatic carbocycles. The molecule has 21 heavy (non-hydrogen) atoms. The Morgan fingerprint density at radius 3 is 2.57 bits per heavy atom. The molecule has 2 rings (SSSR count). The number of nitrogens with one attached hydrogen (secondary N) is 1. The molecule has 0 unspecified atom stereocenters. The van der Waals surface area contributed by atoms with Gasteiger partial charge in [-0.3, -0.25) is 4.79 Å². The van der Waals surface area contributed by atoms with Crippen LogP contribution in [0.3, 0.4) is 0 Å². The monoisotopic (exact) mass is 323 g/mol. The van der Waals surface area contributed by atoms with Crippen molar-refractivity contribution >= 4 is 46.6 Å². The molecule has 0 fully saturated rings. The van der Waals surface area contributed by atoms with E-state index in [0.717, 1.165) is 23.0 Å². The van der Waals surface area contributed by atoms with Crippen LogP contribution in [0.2, 0.25) is 5.02 Å². The summed E-state index contributed by atoms with van der Waals surface area (Å²) in [4.78, 5) is 19.9. The minimum Gasteiger partial charge on any atom is -0.383 e. The van der Waals surface area contributed by atoms with E-state index < -0.39 is 0 Å². The number of nitrogen functional groups attached to an aromatic ring is 2. The maximum atomic E-state index is 11.9. The molecule has 0 spiro atoms. The zero-order valence-corrected chi connectivity index (χ0v) is 12.8. The summed E-state index contributed by atoms with van der Waals surface area (Å²) in [5, 5.41) is 3.80. The summed E-state index contributed by atoms with van der Waals surface area (Å²) in [5.74, 6) is 0.540. The van der Waals surface area contributed by atoms with Gasteiger partial charge in [0.15, 0.2) is 5.16 Å². The minimum absolute atomic E-state index is 0.158. The number of nitrogens with two attached hydrogens (primary N) is 2. The van der Waals surface area contributed by atoms with Crippen molar-refractivity contribution in [3.63, 3.8) is 0 Å². The smallest absolute Gasteiger partial charge is 0.234 e. The number of amides is 1. The van der Waals surface area contributed by atoms with Gasteiger partial charge < -0.3 is 16.8 Å². The van der Waals surface area contributed by atoms with Crippen molar-refractivity contribution in [2.45, 2.75) is 12.1 Å². The van der Waals surface area contributed by atoms with E-state index in [4.69, 9.17) is 23.1 Å². The summed E-state index contributed by atoms with van der Waals surface area (Å²) in [5.41, 5.74) is 12.7. The Kier molecular flexibility index (Phi) is 4.87. The van der Waals surface area contributed by atoms with Crippen molar-refractivity contribution in [3.8, 4) is 0 Å². The number of hydrogen-bond donors (Lipinski definition) is 3. The van der Waals surface area contributed by atoms with E-state index in [1.165, 1.54) is 6.07 Å². The van der Waals surface area contributed by atoms with Crippen LogP contribution in [0.4, 0.5) is 17.3 Å². The highest BCUT2D eigenvalue weighted by Crippen LogP contribution is 2.21. The number of aromatic nitrogens is 2. The first-order chi connectivity index (χ1) is 9.94. The van der Waals surface area contributed by atoms with E-state index >= 15 is 0 Å². The Balaban J connectivity index is 1.95. The number of halogens is 1. The van der Waals surface area contributed by atoms with Gasteiger partial charge in [0, 0.05) is 16.8 Å². The SMILES string of the molecule is Cc1cc(Cl)ccc1NC(=O)CSc1nc(N)cc(N)n1. The molecule has 0 saturated carbocycles. The van der Waals surface area contributed by atoms with Gasteiger partial charge in [0.25, 0.3) is 0 Å². The topological polar surface area (TPSA) is 107 Å². The largest absolute Gasteiger partial charge is 0.383 e. The van der Waals surface area contributed by atoms with E-state index in [-0.39, 0.29) is 23.3 Å². The van der Waals surface area contributed by atoms with Crippen molar-refractivity contribution in [1.29, 1.82) is 0 Å². The molecule has 2 aromatic rings. The fourth-order valence-electron chi connectivity index (χ4n) is 1.61. The van der Waals surface area contributed by atoms with E-state index in [9.17, 15) is 4.79 Å². The predicted octanol–water partition coefficient (Wildman–Crippen LogP) is 2.33. The van der Waals surface area contributed by atoms with E-state index in [2.05, 4.69) is 15.3 Å². The quantitative estimate of drug-likeness (QED) is 0.589. The van der Waals surface area contributed by atoms with Gasteiger partial charge in [-0.1, -0.05) is 23.4 Å². The second-order valence-corrected chi connectivity index (χ2v) is 5.68. The maximum absolute atomic E-state index is 11.9. The minimum atomic E-state index is -0.171. The molecule has 110 valence electrons. The number of rotatable bonds is 4. The molecule has 0 saturated heterocycles. The third kappa shape index (κ3) is 4.51. The normalized spacial score (nSPS) is 10.4. The fourth-order valence-corrected chi connectivity index (χ4v) is 2.51. The highest BCUT2D eigenvalue weighted by atomic mass is 35.5. The standard InChI is InChI=1S/C13H14ClN5OS/c1-7-4-8(14)2-3-9(7)17-12(20)6-21-13-18-10(15)5-11(16)19-13/h2-5H,6H2,1H3,(H,17,20)(H4,15,16,18,19). The summed E-state index contributed by atoms with van der Waals surface area (Å²) < 4.78 is 0. The average Bonchev–Trinajstić information content (AvgIpc) is 2.39. The fraction of sp³-hybridized carbons (Fsp3) is 0.154. The molecule has 1 amide bonds. The van der Waals surface area contributed by atoms with Gasteiger partial charge in [0.1, 0.15) is 11.6 Å². The lowest BCUT2D eigenvalue weighted by molar-refractivity contribution is -0.113. The van der Waals surface area contributed by atoms with Crippen LogP contribution in [0, 0.1) is 6.92 Å². The van der Waals surface area contributed by atoms with Crippen molar-refractivity contribution in [3.05, 3.63) is 34.9 Å². The number of aryl methyl sites for hydroxylation is 1. The van der Waals surface area contributed by atoms with Crippen LogP contribution >= 0.6 is 23.4 Å². The average molecular weight is 324 g/mol. The van der Waals surface area contributed by atoms with Gasteiger partial charge in [-0.05, 0) is 30.7 Å². The summed E-state index contributed by atoms with van der Waals surface area (Å²) in [7, 11) is 0. The predicted molar refractivity (Wildman–Crippen MR) is 86.4 cm³/mol. The van der Waals surface area contributed by atoms with Crippen LogP contribution in [-0.2, 0) is 4.79 Å². The summed E-state index contributed by atoms with van der Waals surface area (Å²) in [6.45, 7) is 1.87. The third-order valence-electron chi connectivity index (χ3n) is 2.54. The molecule has 0 aliphatic heterocycles. The molecule has 8 heteroatoms. The highest BCUT2D eigenvalue weighted by molar-refractivity contribution is 7.99. The van der Waals surface area contributed by atoms with Gasteiger partial charge >= 0.3 is 0 Å². The van der Waals surface area contributed by atoms with Gasteiger partial charge in [-0.15, -0.1) is 0 Å². The van der Waals surface area contributed by atoms with E-state index in [1.807, 2.05) is 6.92 Å². The first kappa shape index (κ1) is 15.4. The third-order valence-corrected chi connectivity index (χ3v) is 3.62. The molecule has 0 aliphatic rings. The van der Waals surface area contributed by atoms with Crippen molar-refractivity contribution in [2.75, 3.05) is 22.5 Å². The van der Waals surface area contributed by atoms with Crippen LogP contribution in [0.5, 0.6) is 0 Å². The number of nitrogens with zero attached hydrogens (tertiary/aromatic N) is 2. The maximum Gasteiger partial charge on any atom is 0.234 e. The highest BCUT2D eigenvalue weighted by Gasteiger charge is 2.08. The summed E-state index contributed by atoms with van der Waals surface area (Å²) in [6.07, 6.45) is 0. The van der Waals surface area contributed by atoms with Crippen molar-refractivity contribution in [2.24, 2.45) is 0 Å². The molecule has 1 heterocycles. The molecule has 0 bridgehead atoms. The number of anilines is 3. The van der Waals surface area contributed by atoms with Crippen molar-refractivity contribution in [1.82, 2.24) is 9.97 Å². The van der Waals surface area contributed by atoms with Gasteiger partial charge in [-0.2, -0.15) is 0 Å². The zero-order valence-electron chi connectivity index (χ0n) is 11.3. The second-order valence-electron chi connectivity index (χ2n) is 4.30. The first-order valence-corrected chi connectivity index (χ1v) is 7.39. The number of carbonyl (C=O) groups is 1. The Bertz CT molecular complexity index is 659. The summed E-state index contributed by atoms with van der Waals surface area (Å²) in [6, 6.07) is 6.72. The lowest BCUT2D eigenvalue weighted by Crippen LogP contribution is -2.15. The van der Waals surface area contributed by atoms with Crippen LogP contribution in [-0.4, -0.2) is 21.6 Å². The van der Waals surface area contributed by atoms with Gasteiger partial charge in [0.05, 0.1) is 5.75 Å². The molecule has 0 atom stereocenters. The zero-order chi connectivity index (χ0) is 15.4. The van der Waals surface area contributed by atoms with Gasteiger partial charge in [-0.25, -0.2) is 9.97 Å². The molecule has 6 nitrogen and oxygen atoms in total. The number of hydrogen-bond acceptors (Lipinski definition) is 6. The van der Waals surface area contributed by atoms with Crippen molar-refractivity contribution < 1.29 is 4.79 Å². The Labute approximate surface area is 131 Å². The van der Waals surface area contributed by atoms with Crippen LogP contribution in [0.25, 0.3) is 0 Å². The molecular weight excluding hydrogens is 310 g/mol. The van der Waals surface area contributed by atoms with Gasteiger partial charge in [0.2, 0.25) is 5.91 Å². The van der Waals surface area contributed by atoms with Crippen LogP contribution in [0.1, 0.15) is 5.56 Å². The molecule has 5 N–H and O–H groups in total. The Morgan fingerprint density at radius 1 is 1.29 bits per heavy atom. The molecule has 0 aliphatic carbocycles. The molecule has 0 radical (unpaired) electrons. The lowest BCUT2D eigenvalue weighted by Gasteiger charge is -2.08.